The minimum Gasteiger partial charge on any atom is -0.348 e. The lowest BCUT2D eigenvalue weighted by Gasteiger charge is -2.07. The molecule has 3 aromatic rings. The molecule has 1 aromatic carbocycles. The first kappa shape index (κ1) is 19.5. The molecule has 2 aromatic heterocycles. The molecule has 0 bridgehead atoms. The largest absolute Gasteiger partial charge is 0.348 e. The molecule has 0 radical (unpaired) electrons. The van der Waals surface area contributed by atoms with Crippen LogP contribution in [0.15, 0.2) is 47.6 Å². The number of aromatic nitrogens is 2. The van der Waals surface area contributed by atoms with E-state index in [1.54, 1.807) is 54.8 Å². The molecule has 0 saturated carbocycles. The molecule has 0 aliphatic heterocycles. The summed E-state index contributed by atoms with van der Waals surface area (Å²) in [5.41, 5.74) is 2.52. The van der Waals surface area contributed by atoms with Gasteiger partial charge in [-0.15, -0.1) is 11.8 Å². The molecule has 0 spiro atoms. The molecular weight excluding hydrogens is 385 g/mol. The van der Waals surface area contributed by atoms with Crippen molar-refractivity contribution >= 4 is 35.0 Å². The summed E-state index contributed by atoms with van der Waals surface area (Å²) >= 11 is 7.78. The number of pyridine rings is 1. The summed E-state index contributed by atoms with van der Waals surface area (Å²) in [6.07, 6.45) is 3.25. The molecule has 0 aliphatic carbocycles. The maximum atomic E-state index is 14.2. The van der Waals surface area contributed by atoms with Crippen LogP contribution in [0.2, 0.25) is 5.02 Å². The minimum absolute atomic E-state index is 0.214. The fourth-order valence-electron chi connectivity index (χ4n) is 2.73. The summed E-state index contributed by atoms with van der Waals surface area (Å²) in [5.74, 6) is 0.198. The average molecular weight is 404 g/mol. The quantitative estimate of drug-likeness (QED) is 0.568. The smallest absolute Gasteiger partial charge is 0.257 e. The van der Waals surface area contributed by atoms with Gasteiger partial charge in [-0.3, -0.25) is 9.78 Å². The van der Waals surface area contributed by atoms with Crippen LogP contribution < -0.4 is 5.32 Å². The first-order chi connectivity index (χ1) is 12.9. The van der Waals surface area contributed by atoms with Crippen LogP contribution in [0.3, 0.4) is 0 Å². The van der Waals surface area contributed by atoms with Crippen molar-refractivity contribution in [1.29, 1.82) is 0 Å². The topological polar surface area (TPSA) is 46.9 Å². The van der Waals surface area contributed by atoms with E-state index in [0.29, 0.717) is 22.0 Å². The van der Waals surface area contributed by atoms with Crippen LogP contribution in [0, 0.1) is 12.7 Å². The molecule has 140 valence electrons. The molecule has 1 amide bonds. The number of carbonyl (C=O) groups is 1. The second-order valence-corrected chi connectivity index (χ2v) is 7.90. The molecule has 7 heteroatoms. The van der Waals surface area contributed by atoms with Crippen LogP contribution in [0.5, 0.6) is 0 Å². The molecule has 27 heavy (non-hydrogen) atoms. The Labute approximate surface area is 166 Å². The van der Waals surface area contributed by atoms with Gasteiger partial charge in [0.1, 0.15) is 5.69 Å². The van der Waals surface area contributed by atoms with Gasteiger partial charge in [0.05, 0.1) is 11.3 Å². The number of benzene rings is 1. The van der Waals surface area contributed by atoms with E-state index in [-0.39, 0.29) is 11.6 Å². The number of hydrogen-bond acceptors (Lipinski definition) is 3. The van der Waals surface area contributed by atoms with Gasteiger partial charge in [0.25, 0.3) is 5.91 Å². The molecule has 0 fully saturated rings. The Bertz CT molecular complexity index is 1000. The van der Waals surface area contributed by atoms with Crippen molar-refractivity contribution in [2.45, 2.75) is 18.7 Å². The zero-order chi connectivity index (χ0) is 19.6. The molecular formula is C20H19ClFN3OS. The molecule has 2 heterocycles. The summed E-state index contributed by atoms with van der Waals surface area (Å²) < 4.78 is 15.9. The fourth-order valence-corrected chi connectivity index (χ4v) is 3.79. The van der Waals surface area contributed by atoms with Gasteiger partial charge in [0.15, 0.2) is 5.82 Å². The predicted octanol–water partition coefficient (Wildman–Crippen LogP) is 5.55. The number of hydrogen-bond donors (Lipinski definition) is 1. The third-order valence-electron chi connectivity index (χ3n) is 3.93. The number of nitrogens with one attached hydrogen (secondary N) is 1. The minimum atomic E-state index is -0.417. The molecule has 0 saturated heterocycles. The van der Waals surface area contributed by atoms with Crippen molar-refractivity contribution < 1.29 is 9.18 Å². The molecule has 0 atom stereocenters. The van der Waals surface area contributed by atoms with Crippen LogP contribution in [0.1, 0.15) is 22.8 Å². The lowest BCUT2D eigenvalue weighted by Crippen LogP contribution is -2.11. The molecule has 1 N–H and O–H groups in total. The van der Waals surface area contributed by atoms with E-state index in [4.69, 9.17) is 11.6 Å². The van der Waals surface area contributed by atoms with Gasteiger partial charge < -0.3 is 9.88 Å². The zero-order valence-electron chi connectivity index (χ0n) is 15.2. The maximum Gasteiger partial charge on any atom is 0.257 e. The Kier molecular flexibility index (Phi) is 5.87. The number of thioether (sulfide) groups is 1. The van der Waals surface area contributed by atoms with Crippen molar-refractivity contribution in [3.05, 3.63) is 64.7 Å². The standard InChI is InChI=1S/C20H19ClFN3OS/c1-4-27-16-8-14(21)7-15(9-16)24-20(26)13-6-18(25(3)11-13)19-17(22)5-12(2)10-23-19/h5-11H,4H2,1-3H3,(H,24,26). The Balaban J connectivity index is 1.86. The van der Waals surface area contributed by atoms with Crippen molar-refractivity contribution in [2.75, 3.05) is 11.1 Å². The lowest BCUT2D eigenvalue weighted by atomic mass is 10.2. The van der Waals surface area contributed by atoms with Gasteiger partial charge in [-0.25, -0.2) is 4.39 Å². The van der Waals surface area contributed by atoms with Crippen LogP contribution in [-0.2, 0) is 7.05 Å². The SMILES string of the molecule is CCSc1cc(Cl)cc(NC(=O)c2cc(-c3ncc(C)cc3F)n(C)c2)c1. The fraction of sp³-hybridized carbons (Fsp3) is 0.200. The number of rotatable bonds is 5. The number of amides is 1. The van der Waals surface area contributed by atoms with Gasteiger partial charge in [-0.2, -0.15) is 0 Å². The number of nitrogens with zero attached hydrogens (tertiary/aromatic N) is 2. The second-order valence-electron chi connectivity index (χ2n) is 6.13. The molecule has 4 nitrogen and oxygen atoms in total. The third-order valence-corrected chi connectivity index (χ3v) is 5.00. The van der Waals surface area contributed by atoms with E-state index in [1.165, 1.54) is 6.07 Å². The Morgan fingerprint density at radius 1 is 1.30 bits per heavy atom. The van der Waals surface area contributed by atoms with Crippen molar-refractivity contribution in [2.24, 2.45) is 7.05 Å². The van der Waals surface area contributed by atoms with Crippen LogP contribution >= 0.6 is 23.4 Å². The highest BCUT2D eigenvalue weighted by atomic mass is 35.5. The van der Waals surface area contributed by atoms with Crippen LogP contribution in [0.25, 0.3) is 11.4 Å². The number of carbonyl (C=O) groups excluding carboxylic acids is 1. The summed E-state index contributed by atoms with van der Waals surface area (Å²) in [6.45, 7) is 3.83. The van der Waals surface area contributed by atoms with E-state index in [2.05, 4.69) is 10.3 Å². The molecule has 0 unspecified atom stereocenters. The summed E-state index contributed by atoms with van der Waals surface area (Å²) in [7, 11) is 1.75. The highest BCUT2D eigenvalue weighted by Gasteiger charge is 2.16. The average Bonchev–Trinajstić information content (AvgIpc) is 2.96. The van der Waals surface area contributed by atoms with E-state index in [9.17, 15) is 9.18 Å². The van der Waals surface area contributed by atoms with Gasteiger partial charge in [-0.1, -0.05) is 18.5 Å². The Hall–Kier alpha value is -2.31. The summed E-state index contributed by atoms with van der Waals surface area (Å²) in [5, 5.41) is 3.41. The summed E-state index contributed by atoms with van der Waals surface area (Å²) in [4.78, 5) is 17.8. The van der Waals surface area contributed by atoms with E-state index < -0.39 is 5.82 Å². The number of anilines is 1. The van der Waals surface area contributed by atoms with Crippen LogP contribution in [-0.4, -0.2) is 21.2 Å². The highest BCUT2D eigenvalue weighted by molar-refractivity contribution is 7.99. The third kappa shape index (κ3) is 4.51. The zero-order valence-corrected chi connectivity index (χ0v) is 16.8. The monoisotopic (exact) mass is 403 g/mol. The normalized spacial score (nSPS) is 10.9. The van der Waals surface area contributed by atoms with Gasteiger partial charge in [0.2, 0.25) is 0 Å². The van der Waals surface area contributed by atoms with Gasteiger partial charge >= 0.3 is 0 Å². The van der Waals surface area contributed by atoms with E-state index in [0.717, 1.165) is 16.2 Å². The lowest BCUT2D eigenvalue weighted by molar-refractivity contribution is 0.102. The number of halogens is 2. The van der Waals surface area contributed by atoms with Crippen molar-refractivity contribution in [1.82, 2.24) is 9.55 Å². The Morgan fingerprint density at radius 3 is 2.78 bits per heavy atom. The Morgan fingerprint density at radius 2 is 2.07 bits per heavy atom. The first-order valence-electron chi connectivity index (χ1n) is 8.41. The second kappa shape index (κ2) is 8.15. The predicted molar refractivity (Wildman–Crippen MR) is 109 cm³/mol. The molecule has 0 aliphatic rings. The van der Waals surface area contributed by atoms with E-state index >= 15 is 0 Å². The summed E-state index contributed by atoms with van der Waals surface area (Å²) in [6, 6.07) is 8.49. The van der Waals surface area contributed by atoms with Gasteiger partial charge in [0, 0.05) is 35.0 Å². The van der Waals surface area contributed by atoms with Crippen molar-refractivity contribution in [3.8, 4) is 11.4 Å². The molecule has 3 rings (SSSR count). The van der Waals surface area contributed by atoms with Crippen LogP contribution in [0.4, 0.5) is 10.1 Å². The van der Waals surface area contributed by atoms with Gasteiger partial charge in [-0.05, 0) is 48.6 Å². The van der Waals surface area contributed by atoms with E-state index in [1.807, 2.05) is 19.1 Å². The highest BCUT2D eigenvalue weighted by Crippen LogP contribution is 2.28. The number of aryl methyl sites for hydroxylation is 2. The maximum absolute atomic E-state index is 14.2. The first-order valence-corrected chi connectivity index (χ1v) is 9.77. The van der Waals surface area contributed by atoms with Crippen molar-refractivity contribution in [3.63, 3.8) is 0 Å².